The van der Waals surface area contributed by atoms with E-state index in [1.807, 2.05) is 48.8 Å². The number of benzene rings is 4. The van der Waals surface area contributed by atoms with Gasteiger partial charge in [-0.3, -0.25) is 0 Å². The van der Waals surface area contributed by atoms with Crippen molar-refractivity contribution in [2.45, 2.75) is 77.6 Å². The van der Waals surface area contributed by atoms with E-state index in [-0.39, 0.29) is 36.4 Å². The molecule has 1 aliphatic rings. The van der Waals surface area contributed by atoms with Crippen molar-refractivity contribution in [3.63, 3.8) is 0 Å². The van der Waals surface area contributed by atoms with Gasteiger partial charge in [-0.25, -0.2) is 0 Å². The third-order valence-corrected chi connectivity index (χ3v) is 9.29. The molecule has 6 aromatic rings. The van der Waals surface area contributed by atoms with Crippen molar-refractivity contribution in [1.29, 1.82) is 0 Å². The van der Waals surface area contributed by atoms with E-state index >= 15 is 0 Å². The smallest absolute Gasteiger partial charge is 0.0239 e. The minimum atomic E-state index is 0. The number of hydrogen-bond acceptors (Lipinski definition) is 2. The molecule has 0 amide bonds. The van der Waals surface area contributed by atoms with Crippen molar-refractivity contribution >= 4 is 21.5 Å². The zero-order valence-electron chi connectivity index (χ0n) is 27.5. The first-order chi connectivity index (χ1) is 20.9. The summed E-state index contributed by atoms with van der Waals surface area (Å²) in [6, 6.07) is 38.4. The number of nitrogens with zero attached hydrogens (tertiary/aromatic N) is 2. The van der Waals surface area contributed by atoms with Gasteiger partial charge in [0, 0.05) is 32.5 Å². The summed E-state index contributed by atoms with van der Waals surface area (Å²) < 4.78 is 0. The summed E-state index contributed by atoms with van der Waals surface area (Å²) in [5.41, 5.74) is 8.97. The van der Waals surface area contributed by atoms with Crippen LogP contribution in [0.3, 0.4) is 0 Å². The first-order valence-electron chi connectivity index (χ1n) is 15.7. The van der Waals surface area contributed by atoms with Crippen LogP contribution in [0.15, 0.2) is 103 Å². The molecular weight excluding hydrogens is 725 g/mol. The molecule has 2 aromatic heterocycles. The Morgan fingerprint density at radius 1 is 0.667 bits per heavy atom. The van der Waals surface area contributed by atoms with Crippen molar-refractivity contribution in [3.05, 3.63) is 132 Å². The average Bonchev–Trinajstić information content (AvgIpc) is 3.02. The van der Waals surface area contributed by atoms with Gasteiger partial charge in [-0.05, 0) is 79.2 Å². The van der Waals surface area contributed by atoms with Crippen LogP contribution in [-0.4, -0.2) is 9.97 Å². The number of hydrogen-bond donors (Lipinski definition) is 0. The van der Waals surface area contributed by atoms with Gasteiger partial charge < -0.3 is 9.97 Å². The third kappa shape index (κ3) is 6.81. The number of fused-ring (bicyclic) bond motifs is 3. The molecule has 2 heterocycles. The van der Waals surface area contributed by atoms with E-state index in [4.69, 9.17) is 4.98 Å². The van der Waals surface area contributed by atoms with Gasteiger partial charge >= 0.3 is 0 Å². The van der Waals surface area contributed by atoms with Crippen molar-refractivity contribution < 1.29 is 20.1 Å². The molecule has 45 heavy (non-hydrogen) atoms. The monoisotopic (exact) mass is 767 g/mol. The van der Waals surface area contributed by atoms with Gasteiger partial charge in [0.05, 0.1) is 0 Å². The normalized spacial score (nSPS) is 15.0. The quantitative estimate of drug-likeness (QED) is 0.164. The van der Waals surface area contributed by atoms with Crippen molar-refractivity contribution in [3.8, 4) is 22.5 Å². The average molecular weight is 767 g/mol. The van der Waals surface area contributed by atoms with Gasteiger partial charge in [0.15, 0.2) is 0 Å². The molecule has 0 unspecified atom stereocenters. The summed E-state index contributed by atoms with van der Waals surface area (Å²) in [6.07, 6.45) is 6.31. The van der Waals surface area contributed by atoms with Crippen molar-refractivity contribution in [2.75, 3.05) is 0 Å². The predicted octanol–water partition coefficient (Wildman–Crippen LogP) is 11.0. The Hall–Kier alpha value is -3.65. The second-order valence-corrected chi connectivity index (χ2v) is 14.5. The third-order valence-electron chi connectivity index (χ3n) is 9.29. The van der Waals surface area contributed by atoms with E-state index < -0.39 is 0 Å². The minimum absolute atomic E-state index is 0. The largest absolute Gasteiger partial charge is 0.304 e. The first kappa shape index (κ1) is 32.7. The summed E-state index contributed by atoms with van der Waals surface area (Å²) in [5, 5.41) is 4.90. The molecule has 0 atom stereocenters. The maximum atomic E-state index is 4.77. The van der Waals surface area contributed by atoms with Gasteiger partial charge in [0.2, 0.25) is 0 Å². The van der Waals surface area contributed by atoms with Gasteiger partial charge in [0.25, 0.3) is 0 Å². The molecule has 2 nitrogen and oxygen atoms in total. The molecule has 0 saturated heterocycles. The molecule has 4 aromatic carbocycles. The maximum absolute atomic E-state index is 4.77. The Kier molecular flexibility index (Phi) is 9.18. The van der Waals surface area contributed by atoms with Crippen molar-refractivity contribution in [1.82, 2.24) is 9.97 Å². The number of rotatable bonds is 2. The van der Waals surface area contributed by atoms with E-state index in [1.54, 1.807) is 0 Å². The molecule has 231 valence electrons. The summed E-state index contributed by atoms with van der Waals surface area (Å²) in [4.78, 5) is 9.22. The maximum Gasteiger partial charge on any atom is 0.0239 e. The Balaban J connectivity index is 0.000000200. The number of pyridine rings is 2. The fraction of sp³-hybridized carbons (Fsp3) is 0.286. The van der Waals surface area contributed by atoms with Crippen LogP contribution < -0.4 is 0 Å². The van der Waals surface area contributed by atoms with E-state index in [1.165, 1.54) is 51.1 Å². The SMILES string of the molecule is CC(C)(C)c1c[c-]c(-c2nccc3cc4c(cc23)C(C)(C)CCC4(C)C)cc1.[Ir].[c-]1ccccc1-c1cc2ccccc2cn1. The topological polar surface area (TPSA) is 25.8 Å². The number of aromatic nitrogens is 2. The van der Waals surface area contributed by atoms with Gasteiger partial charge in [0.1, 0.15) is 0 Å². The summed E-state index contributed by atoms with van der Waals surface area (Å²) in [7, 11) is 0. The van der Waals surface area contributed by atoms with Crippen LogP contribution >= 0.6 is 0 Å². The zero-order valence-corrected chi connectivity index (χ0v) is 29.9. The van der Waals surface area contributed by atoms with E-state index in [0.717, 1.165) is 22.5 Å². The van der Waals surface area contributed by atoms with Crippen LogP contribution in [0.4, 0.5) is 0 Å². The molecule has 0 bridgehead atoms. The summed E-state index contributed by atoms with van der Waals surface area (Å²) in [6.45, 7) is 16.2. The van der Waals surface area contributed by atoms with Crippen LogP contribution in [0.25, 0.3) is 44.1 Å². The van der Waals surface area contributed by atoms with Gasteiger partial charge in [-0.1, -0.05) is 90.9 Å². The second kappa shape index (κ2) is 12.6. The minimum Gasteiger partial charge on any atom is -0.304 e. The molecule has 0 N–H and O–H groups in total. The van der Waals surface area contributed by atoms with E-state index in [9.17, 15) is 0 Å². The molecule has 7 rings (SSSR count). The Morgan fingerprint density at radius 2 is 1.36 bits per heavy atom. The van der Waals surface area contributed by atoms with E-state index in [0.29, 0.717) is 0 Å². The summed E-state index contributed by atoms with van der Waals surface area (Å²) >= 11 is 0. The molecule has 0 spiro atoms. The molecular formula is C42H42IrN2-2. The molecule has 0 saturated carbocycles. The zero-order chi connectivity index (χ0) is 31.1. The molecule has 1 aliphatic carbocycles. The van der Waals surface area contributed by atoms with Gasteiger partial charge in [-0.2, -0.15) is 0 Å². The summed E-state index contributed by atoms with van der Waals surface area (Å²) in [5.74, 6) is 0. The Morgan fingerprint density at radius 3 is 2.00 bits per heavy atom. The predicted molar refractivity (Wildman–Crippen MR) is 186 cm³/mol. The fourth-order valence-electron chi connectivity index (χ4n) is 6.27. The first-order valence-corrected chi connectivity index (χ1v) is 15.7. The Bertz CT molecular complexity index is 1930. The van der Waals surface area contributed by atoms with Crippen LogP contribution in [-0.2, 0) is 36.4 Å². The standard InChI is InChI=1S/C27H32N.C15H10N.Ir/c1-25(2,3)20-10-8-18(9-11-20)24-21-17-23-22(16-19(21)12-15-28-24)26(4,5)13-14-27(23,6)7;1-2-6-12(7-3-1)15-10-13-8-4-5-9-14(13)11-16-15;/h8,10-12,15-17H,13-14H2,1-7H3;1-6,8-11H;/q2*-1;. The van der Waals surface area contributed by atoms with E-state index in [2.05, 4.69) is 120 Å². The van der Waals surface area contributed by atoms with Crippen molar-refractivity contribution in [2.24, 2.45) is 0 Å². The van der Waals surface area contributed by atoms with Crippen LogP contribution in [0.1, 0.15) is 78.0 Å². The Labute approximate surface area is 282 Å². The van der Waals surface area contributed by atoms with Crippen LogP contribution in [0.5, 0.6) is 0 Å². The van der Waals surface area contributed by atoms with Gasteiger partial charge in [-0.15, -0.1) is 71.3 Å². The molecule has 3 heteroatoms. The molecule has 1 radical (unpaired) electrons. The molecule has 0 aliphatic heterocycles. The fourth-order valence-corrected chi connectivity index (χ4v) is 6.27. The molecule has 0 fully saturated rings. The second-order valence-electron chi connectivity index (χ2n) is 14.5. The van der Waals surface area contributed by atoms with Crippen LogP contribution in [0, 0.1) is 12.1 Å². The van der Waals surface area contributed by atoms with Crippen LogP contribution in [0.2, 0.25) is 0 Å².